The van der Waals surface area contributed by atoms with Crippen LogP contribution in [0, 0.1) is 6.92 Å². The number of hydrogen-bond acceptors (Lipinski definition) is 5. The molecule has 0 aliphatic rings. The van der Waals surface area contributed by atoms with Gasteiger partial charge in [0, 0.05) is 27.9 Å². The molecule has 0 fully saturated rings. The zero-order valence-electron chi connectivity index (χ0n) is 13.4. The number of benzene rings is 1. The Morgan fingerprint density at radius 1 is 1.29 bits per heavy atom. The van der Waals surface area contributed by atoms with E-state index >= 15 is 0 Å². The van der Waals surface area contributed by atoms with E-state index in [9.17, 15) is 9.59 Å². The summed E-state index contributed by atoms with van der Waals surface area (Å²) in [6.07, 6.45) is 0.339. The standard InChI is InChI=1S/C16H18BrN3O3S/c1-10-14(11-5-7-12(17)8-6-11)20-15(24-10)19-13(21)4-3-9-18-16(22)23-2/h5-8H,3-4,9H2,1-2H3,(H,18,22)(H,19,20,21). The topological polar surface area (TPSA) is 80.3 Å². The number of carbonyl (C=O) groups excluding carboxylic acids is 2. The molecule has 128 valence electrons. The van der Waals surface area contributed by atoms with E-state index < -0.39 is 6.09 Å². The Balaban J connectivity index is 1.89. The van der Waals surface area contributed by atoms with Crippen molar-refractivity contribution in [3.05, 3.63) is 33.6 Å². The van der Waals surface area contributed by atoms with Crippen molar-refractivity contribution in [2.75, 3.05) is 19.0 Å². The third-order valence-electron chi connectivity index (χ3n) is 3.20. The number of aromatic nitrogens is 1. The van der Waals surface area contributed by atoms with Crippen LogP contribution < -0.4 is 10.6 Å². The molecule has 0 aliphatic heterocycles. The summed E-state index contributed by atoms with van der Waals surface area (Å²) in [5.41, 5.74) is 1.88. The Labute approximate surface area is 152 Å². The molecule has 2 N–H and O–H groups in total. The van der Waals surface area contributed by atoms with E-state index in [1.807, 2.05) is 31.2 Å². The molecule has 24 heavy (non-hydrogen) atoms. The van der Waals surface area contributed by atoms with Gasteiger partial charge in [0.2, 0.25) is 5.91 Å². The zero-order valence-corrected chi connectivity index (χ0v) is 15.8. The highest BCUT2D eigenvalue weighted by molar-refractivity contribution is 9.10. The van der Waals surface area contributed by atoms with Crippen LogP contribution in [0.2, 0.25) is 0 Å². The van der Waals surface area contributed by atoms with Crippen LogP contribution >= 0.6 is 27.3 Å². The molecule has 0 bridgehead atoms. The molecular formula is C16H18BrN3O3S. The van der Waals surface area contributed by atoms with Crippen LogP contribution in [0.25, 0.3) is 11.3 Å². The van der Waals surface area contributed by atoms with Crippen molar-refractivity contribution in [2.24, 2.45) is 0 Å². The first-order valence-corrected chi connectivity index (χ1v) is 8.95. The van der Waals surface area contributed by atoms with Gasteiger partial charge in [0.15, 0.2) is 5.13 Å². The lowest BCUT2D eigenvalue weighted by molar-refractivity contribution is -0.116. The fourth-order valence-electron chi connectivity index (χ4n) is 2.02. The number of amides is 2. The van der Waals surface area contributed by atoms with Crippen LogP contribution in [0.3, 0.4) is 0 Å². The van der Waals surface area contributed by atoms with Crippen molar-refractivity contribution < 1.29 is 14.3 Å². The Hall–Kier alpha value is -1.93. The molecule has 0 aliphatic carbocycles. The number of nitrogens with one attached hydrogen (secondary N) is 2. The van der Waals surface area contributed by atoms with Crippen LogP contribution in [0.1, 0.15) is 17.7 Å². The molecule has 1 heterocycles. The van der Waals surface area contributed by atoms with Crippen molar-refractivity contribution in [1.29, 1.82) is 0 Å². The van der Waals surface area contributed by atoms with E-state index in [0.29, 0.717) is 24.5 Å². The second-order valence-electron chi connectivity index (χ2n) is 5.00. The normalized spacial score (nSPS) is 10.3. The minimum absolute atomic E-state index is 0.127. The van der Waals surface area contributed by atoms with Gasteiger partial charge in [-0.25, -0.2) is 9.78 Å². The molecule has 8 heteroatoms. The monoisotopic (exact) mass is 411 g/mol. The lowest BCUT2D eigenvalue weighted by Crippen LogP contribution is -2.25. The largest absolute Gasteiger partial charge is 0.453 e. The number of methoxy groups -OCH3 is 1. The van der Waals surface area contributed by atoms with Gasteiger partial charge >= 0.3 is 6.09 Å². The Morgan fingerprint density at radius 2 is 2.00 bits per heavy atom. The molecule has 0 unspecified atom stereocenters. The number of carbonyl (C=O) groups is 2. The summed E-state index contributed by atoms with van der Waals surface area (Å²) in [7, 11) is 1.30. The molecule has 0 saturated carbocycles. The smallest absolute Gasteiger partial charge is 0.406 e. The molecule has 2 amide bonds. The molecule has 1 aromatic heterocycles. The van der Waals surface area contributed by atoms with Gasteiger partial charge in [-0.2, -0.15) is 0 Å². The van der Waals surface area contributed by atoms with Crippen LogP contribution in [0.15, 0.2) is 28.7 Å². The number of anilines is 1. The molecule has 2 aromatic rings. The molecular weight excluding hydrogens is 394 g/mol. The number of alkyl carbamates (subject to hydrolysis) is 1. The maximum absolute atomic E-state index is 11.9. The SMILES string of the molecule is COC(=O)NCCCC(=O)Nc1nc(-c2ccc(Br)cc2)c(C)s1. The van der Waals surface area contributed by atoms with Crippen molar-refractivity contribution in [3.8, 4) is 11.3 Å². The highest BCUT2D eigenvalue weighted by atomic mass is 79.9. The van der Waals surface area contributed by atoms with Gasteiger partial charge in [0.25, 0.3) is 0 Å². The number of halogens is 1. The van der Waals surface area contributed by atoms with Crippen LogP contribution in [-0.4, -0.2) is 30.6 Å². The molecule has 1 aromatic carbocycles. The van der Waals surface area contributed by atoms with E-state index in [2.05, 4.69) is 36.3 Å². The minimum Gasteiger partial charge on any atom is -0.453 e. The van der Waals surface area contributed by atoms with Crippen molar-refractivity contribution in [1.82, 2.24) is 10.3 Å². The third kappa shape index (κ3) is 5.31. The van der Waals surface area contributed by atoms with Gasteiger partial charge in [0.1, 0.15) is 0 Å². The Morgan fingerprint density at radius 3 is 2.67 bits per heavy atom. The van der Waals surface area contributed by atoms with E-state index in [1.165, 1.54) is 18.4 Å². The predicted molar refractivity (Wildman–Crippen MR) is 98.3 cm³/mol. The maximum atomic E-state index is 11.9. The lowest BCUT2D eigenvalue weighted by Gasteiger charge is -2.03. The fraction of sp³-hybridized carbons (Fsp3) is 0.312. The molecule has 0 radical (unpaired) electrons. The quantitative estimate of drug-likeness (QED) is 0.704. The predicted octanol–water partition coefficient (Wildman–Crippen LogP) is 3.96. The average molecular weight is 412 g/mol. The summed E-state index contributed by atoms with van der Waals surface area (Å²) in [5.74, 6) is -0.127. The molecule has 2 rings (SSSR count). The summed E-state index contributed by atoms with van der Waals surface area (Å²) in [6, 6.07) is 7.88. The number of aryl methyl sites for hydroxylation is 1. The van der Waals surface area contributed by atoms with E-state index in [0.717, 1.165) is 20.6 Å². The van der Waals surface area contributed by atoms with E-state index in [4.69, 9.17) is 0 Å². The van der Waals surface area contributed by atoms with Gasteiger partial charge in [-0.15, -0.1) is 11.3 Å². The third-order valence-corrected chi connectivity index (χ3v) is 4.61. The number of rotatable bonds is 6. The molecule has 6 nitrogen and oxygen atoms in total. The Bertz CT molecular complexity index is 716. The van der Waals surface area contributed by atoms with Gasteiger partial charge in [0.05, 0.1) is 12.8 Å². The lowest BCUT2D eigenvalue weighted by atomic mass is 10.1. The van der Waals surface area contributed by atoms with E-state index in [1.54, 1.807) is 0 Å². The first kappa shape index (κ1) is 18.4. The second-order valence-corrected chi connectivity index (χ2v) is 7.12. The molecule has 0 saturated heterocycles. The number of ether oxygens (including phenoxy) is 1. The van der Waals surface area contributed by atoms with Crippen molar-refractivity contribution >= 4 is 44.4 Å². The van der Waals surface area contributed by atoms with Crippen molar-refractivity contribution in [3.63, 3.8) is 0 Å². The van der Waals surface area contributed by atoms with Gasteiger partial charge in [-0.05, 0) is 25.5 Å². The summed E-state index contributed by atoms with van der Waals surface area (Å²) < 4.78 is 5.46. The maximum Gasteiger partial charge on any atom is 0.406 e. The van der Waals surface area contributed by atoms with Gasteiger partial charge in [-0.1, -0.05) is 28.1 Å². The number of nitrogens with zero attached hydrogens (tertiary/aromatic N) is 1. The van der Waals surface area contributed by atoms with Crippen LogP contribution in [-0.2, 0) is 9.53 Å². The first-order chi connectivity index (χ1) is 11.5. The van der Waals surface area contributed by atoms with Crippen LogP contribution in [0.4, 0.5) is 9.93 Å². The summed E-state index contributed by atoms with van der Waals surface area (Å²) in [4.78, 5) is 28.4. The summed E-state index contributed by atoms with van der Waals surface area (Å²) >= 11 is 4.85. The Kier molecular flexibility index (Phi) is 6.74. The zero-order chi connectivity index (χ0) is 17.5. The van der Waals surface area contributed by atoms with Crippen molar-refractivity contribution in [2.45, 2.75) is 19.8 Å². The highest BCUT2D eigenvalue weighted by Gasteiger charge is 2.12. The first-order valence-electron chi connectivity index (χ1n) is 7.34. The van der Waals surface area contributed by atoms with Gasteiger partial charge in [-0.3, -0.25) is 4.79 Å². The summed E-state index contributed by atoms with van der Waals surface area (Å²) in [6.45, 7) is 2.37. The molecule has 0 spiro atoms. The van der Waals surface area contributed by atoms with E-state index in [-0.39, 0.29) is 5.91 Å². The number of hydrogen-bond donors (Lipinski definition) is 2. The summed E-state index contributed by atoms with van der Waals surface area (Å²) in [5, 5.41) is 5.91. The second kappa shape index (κ2) is 8.79. The highest BCUT2D eigenvalue weighted by Crippen LogP contribution is 2.31. The minimum atomic E-state index is -0.495. The molecule has 0 atom stereocenters. The van der Waals surface area contributed by atoms with Crippen LogP contribution in [0.5, 0.6) is 0 Å². The van der Waals surface area contributed by atoms with Gasteiger partial charge < -0.3 is 15.4 Å². The average Bonchev–Trinajstić information content (AvgIpc) is 2.92. The number of thiazole rings is 1. The fourth-order valence-corrected chi connectivity index (χ4v) is 3.14.